The molecule has 0 unspecified atom stereocenters. The molecular weight excluding hydrogens is 214 g/mol. The predicted octanol–water partition coefficient (Wildman–Crippen LogP) is 1.10. The van der Waals surface area contributed by atoms with Gasteiger partial charge in [0.15, 0.2) is 0 Å². The average Bonchev–Trinajstić information content (AvgIpc) is 2.85. The van der Waals surface area contributed by atoms with E-state index in [4.69, 9.17) is 0 Å². The minimum Gasteiger partial charge on any atom is -0.342 e. The number of aryl methyl sites for hydroxylation is 1. The standard InChI is InChI=1S/C13H19N3O/c1-11-8-14-5-4-12(11)9-15-10-13(17)16-6-2-3-7-16/h4-5,8,15H,2-3,6-7,9-10H2,1H3. The summed E-state index contributed by atoms with van der Waals surface area (Å²) in [5.41, 5.74) is 2.36. The predicted molar refractivity (Wildman–Crippen MR) is 66.5 cm³/mol. The normalized spacial score (nSPS) is 15.2. The summed E-state index contributed by atoms with van der Waals surface area (Å²) in [6, 6.07) is 1.99. The Kier molecular flexibility index (Phi) is 4.09. The molecule has 1 aromatic heterocycles. The van der Waals surface area contributed by atoms with E-state index in [2.05, 4.69) is 10.3 Å². The molecule has 0 bridgehead atoms. The molecule has 1 aromatic rings. The average molecular weight is 233 g/mol. The van der Waals surface area contributed by atoms with E-state index in [1.54, 1.807) is 6.20 Å². The van der Waals surface area contributed by atoms with Crippen LogP contribution in [-0.2, 0) is 11.3 Å². The number of pyridine rings is 1. The zero-order chi connectivity index (χ0) is 12.1. The third-order valence-corrected chi connectivity index (χ3v) is 3.19. The van der Waals surface area contributed by atoms with E-state index in [1.165, 1.54) is 5.56 Å². The van der Waals surface area contributed by atoms with E-state index in [1.807, 2.05) is 24.1 Å². The Morgan fingerprint density at radius 2 is 2.24 bits per heavy atom. The van der Waals surface area contributed by atoms with Crippen LogP contribution >= 0.6 is 0 Å². The molecule has 1 saturated heterocycles. The second kappa shape index (κ2) is 5.77. The zero-order valence-corrected chi connectivity index (χ0v) is 10.3. The number of likely N-dealkylation sites (tertiary alicyclic amines) is 1. The summed E-state index contributed by atoms with van der Waals surface area (Å²) >= 11 is 0. The van der Waals surface area contributed by atoms with Crippen molar-refractivity contribution in [2.45, 2.75) is 26.3 Å². The second-order valence-corrected chi connectivity index (χ2v) is 4.49. The Hall–Kier alpha value is -1.42. The Labute approximate surface area is 102 Å². The van der Waals surface area contributed by atoms with Crippen molar-refractivity contribution < 1.29 is 4.79 Å². The Morgan fingerprint density at radius 3 is 2.94 bits per heavy atom. The van der Waals surface area contributed by atoms with Crippen LogP contribution in [-0.4, -0.2) is 35.4 Å². The fourth-order valence-electron chi connectivity index (χ4n) is 2.08. The second-order valence-electron chi connectivity index (χ2n) is 4.49. The van der Waals surface area contributed by atoms with Gasteiger partial charge in [0.2, 0.25) is 5.91 Å². The van der Waals surface area contributed by atoms with Crippen molar-refractivity contribution in [3.05, 3.63) is 29.6 Å². The number of nitrogens with zero attached hydrogens (tertiary/aromatic N) is 2. The van der Waals surface area contributed by atoms with Gasteiger partial charge in [0.1, 0.15) is 0 Å². The van der Waals surface area contributed by atoms with Crippen LogP contribution in [0.25, 0.3) is 0 Å². The van der Waals surface area contributed by atoms with Crippen molar-refractivity contribution in [1.82, 2.24) is 15.2 Å². The number of hydrogen-bond donors (Lipinski definition) is 1. The third kappa shape index (κ3) is 3.27. The summed E-state index contributed by atoms with van der Waals surface area (Å²) in [5, 5.41) is 3.20. The summed E-state index contributed by atoms with van der Waals surface area (Å²) in [5.74, 6) is 0.217. The first-order valence-electron chi connectivity index (χ1n) is 6.15. The summed E-state index contributed by atoms with van der Waals surface area (Å²) in [6.45, 7) is 5.05. The van der Waals surface area contributed by atoms with Crippen LogP contribution in [0.3, 0.4) is 0 Å². The maximum atomic E-state index is 11.8. The van der Waals surface area contributed by atoms with Crippen LogP contribution in [0.4, 0.5) is 0 Å². The molecule has 1 aliphatic heterocycles. The maximum Gasteiger partial charge on any atom is 0.236 e. The molecule has 1 amide bonds. The highest BCUT2D eigenvalue weighted by Crippen LogP contribution is 2.07. The SMILES string of the molecule is Cc1cnccc1CNCC(=O)N1CCCC1. The van der Waals surface area contributed by atoms with Crippen LogP contribution in [0.5, 0.6) is 0 Å². The highest BCUT2D eigenvalue weighted by atomic mass is 16.2. The lowest BCUT2D eigenvalue weighted by molar-refractivity contribution is -0.129. The van der Waals surface area contributed by atoms with E-state index in [0.717, 1.165) is 38.0 Å². The smallest absolute Gasteiger partial charge is 0.236 e. The topological polar surface area (TPSA) is 45.2 Å². The van der Waals surface area contributed by atoms with Crippen LogP contribution in [0.2, 0.25) is 0 Å². The van der Waals surface area contributed by atoms with Gasteiger partial charge in [-0.05, 0) is 37.0 Å². The summed E-state index contributed by atoms with van der Waals surface area (Å²) in [7, 11) is 0. The van der Waals surface area contributed by atoms with Gasteiger partial charge in [0.25, 0.3) is 0 Å². The van der Waals surface area contributed by atoms with Crippen molar-refractivity contribution in [1.29, 1.82) is 0 Å². The zero-order valence-electron chi connectivity index (χ0n) is 10.3. The molecular formula is C13H19N3O. The molecule has 1 aliphatic rings. The molecule has 2 rings (SSSR count). The molecule has 0 radical (unpaired) electrons. The van der Waals surface area contributed by atoms with Gasteiger partial charge in [-0.15, -0.1) is 0 Å². The fraction of sp³-hybridized carbons (Fsp3) is 0.538. The summed E-state index contributed by atoms with van der Waals surface area (Å²) < 4.78 is 0. The quantitative estimate of drug-likeness (QED) is 0.847. The maximum absolute atomic E-state index is 11.8. The number of carbonyl (C=O) groups is 1. The Morgan fingerprint density at radius 1 is 1.47 bits per heavy atom. The van der Waals surface area contributed by atoms with Gasteiger partial charge in [-0.1, -0.05) is 0 Å². The third-order valence-electron chi connectivity index (χ3n) is 3.19. The van der Waals surface area contributed by atoms with Crippen molar-refractivity contribution in [2.75, 3.05) is 19.6 Å². The van der Waals surface area contributed by atoms with E-state index in [9.17, 15) is 4.79 Å². The lowest BCUT2D eigenvalue weighted by Crippen LogP contribution is -2.36. The molecule has 2 heterocycles. The van der Waals surface area contributed by atoms with Crippen molar-refractivity contribution in [3.63, 3.8) is 0 Å². The van der Waals surface area contributed by atoms with Gasteiger partial charge < -0.3 is 10.2 Å². The molecule has 92 valence electrons. The van der Waals surface area contributed by atoms with E-state index >= 15 is 0 Å². The lowest BCUT2D eigenvalue weighted by Gasteiger charge is -2.15. The number of hydrogen-bond acceptors (Lipinski definition) is 3. The first-order chi connectivity index (χ1) is 8.27. The largest absolute Gasteiger partial charge is 0.342 e. The van der Waals surface area contributed by atoms with Gasteiger partial charge in [0, 0.05) is 32.0 Å². The van der Waals surface area contributed by atoms with Crippen molar-refractivity contribution >= 4 is 5.91 Å². The molecule has 1 fully saturated rings. The van der Waals surface area contributed by atoms with Gasteiger partial charge >= 0.3 is 0 Å². The lowest BCUT2D eigenvalue weighted by atomic mass is 10.1. The molecule has 4 nitrogen and oxygen atoms in total. The van der Waals surface area contributed by atoms with Crippen LogP contribution in [0.15, 0.2) is 18.5 Å². The Balaban J connectivity index is 1.76. The molecule has 1 N–H and O–H groups in total. The number of carbonyl (C=O) groups excluding carboxylic acids is 1. The summed E-state index contributed by atoms with van der Waals surface area (Å²) in [4.78, 5) is 17.8. The van der Waals surface area contributed by atoms with Gasteiger partial charge in [-0.2, -0.15) is 0 Å². The minimum absolute atomic E-state index is 0.217. The van der Waals surface area contributed by atoms with E-state index < -0.39 is 0 Å². The molecule has 17 heavy (non-hydrogen) atoms. The van der Waals surface area contributed by atoms with Crippen LogP contribution < -0.4 is 5.32 Å². The van der Waals surface area contributed by atoms with E-state index in [-0.39, 0.29) is 5.91 Å². The number of rotatable bonds is 4. The molecule has 0 aromatic carbocycles. The molecule has 0 aliphatic carbocycles. The highest BCUT2D eigenvalue weighted by Gasteiger charge is 2.16. The molecule has 0 spiro atoms. The number of amides is 1. The van der Waals surface area contributed by atoms with Gasteiger partial charge in [-0.25, -0.2) is 0 Å². The number of nitrogens with one attached hydrogen (secondary N) is 1. The van der Waals surface area contributed by atoms with Crippen molar-refractivity contribution in [2.24, 2.45) is 0 Å². The van der Waals surface area contributed by atoms with Crippen LogP contribution in [0.1, 0.15) is 24.0 Å². The summed E-state index contributed by atoms with van der Waals surface area (Å²) in [6.07, 6.45) is 5.93. The highest BCUT2D eigenvalue weighted by molar-refractivity contribution is 5.78. The monoisotopic (exact) mass is 233 g/mol. The Bertz CT molecular complexity index is 386. The number of aromatic nitrogens is 1. The first-order valence-corrected chi connectivity index (χ1v) is 6.15. The fourth-order valence-corrected chi connectivity index (χ4v) is 2.08. The van der Waals surface area contributed by atoms with Gasteiger partial charge in [0.05, 0.1) is 6.54 Å². The molecule has 0 atom stereocenters. The first kappa shape index (κ1) is 12.0. The van der Waals surface area contributed by atoms with E-state index in [0.29, 0.717) is 6.54 Å². The molecule has 0 saturated carbocycles. The van der Waals surface area contributed by atoms with Crippen molar-refractivity contribution in [3.8, 4) is 0 Å². The van der Waals surface area contributed by atoms with Gasteiger partial charge in [-0.3, -0.25) is 9.78 Å². The molecule has 4 heteroatoms. The van der Waals surface area contributed by atoms with Crippen LogP contribution in [0, 0.1) is 6.92 Å². The minimum atomic E-state index is 0.217.